The maximum Gasteiger partial charge on any atom is 0.456 e. The fourth-order valence-electron chi connectivity index (χ4n) is 5.83. The summed E-state index contributed by atoms with van der Waals surface area (Å²) >= 11 is 0. The normalized spacial score (nSPS) is 20.3. The number of fused-ring (bicyclic) bond motifs is 2. The van der Waals surface area contributed by atoms with Gasteiger partial charge in [-0.2, -0.15) is 0 Å². The molecular weight excluding hydrogens is 537 g/mol. The van der Waals surface area contributed by atoms with Gasteiger partial charge in [-0.1, -0.05) is 54.6 Å². The molecule has 208 valence electrons. The van der Waals surface area contributed by atoms with E-state index in [1.807, 2.05) is 78.9 Å². The molecule has 0 amide bonds. The summed E-state index contributed by atoms with van der Waals surface area (Å²) in [6, 6.07) is 26.2. The van der Waals surface area contributed by atoms with Crippen molar-refractivity contribution in [3.63, 3.8) is 0 Å². The molecule has 0 aliphatic carbocycles. The van der Waals surface area contributed by atoms with Crippen LogP contribution >= 0.6 is 0 Å². The number of benzene rings is 3. The topological polar surface area (TPSA) is 106 Å². The Kier molecular flexibility index (Phi) is 7.66. The number of pyridine rings is 1. The molecule has 41 heavy (non-hydrogen) atoms. The Morgan fingerprint density at radius 1 is 1.00 bits per heavy atom. The smallest absolute Gasteiger partial charge is 0.456 e. The van der Waals surface area contributed by atoms with Gasteiger partial charge < -0.3 is 19.5 Å². The van der Waals surface area contributed by atoms with Gasteiger partial charge in [0.2, 0.25) is 0 Å². The van der Waals surface area contributed by atoms with E-state index in [0.717, 1.165) is 27.6 Å². The molecule has 9 heteroatoms. The van der Waals surface area contributed by atoms with E-state index in [1.54, 1.807) is 12.3 Å². The highest BCUT2D eigenvalue weighted by molar-refractivity contribution is 7.92. The summed E-state index contributed by atoms with van der Waals surface area (Å²) in [5, 5.41) is 21.8. The van der Waals surface area contributed by atoms with E-state index in [0.29, 0.717) is 29.7 Å². The average Bonchev–Trinajstić information content (AvgIpc) is 3.25. The molecule has 2 aliphatic rings. The van der Waals surface area contributed by atoms with Crippen molar-refractivity contribution < 1.29 is 27.9 Å². The number of phenolic OH excluding ortho intramolecular Hbond substituents is 1. The van der Waals surface area contributed by atoms with Crippen LogP contribution in [0, 0.1) is 0 Å². The first-order chi connectivity index (χ1) is 19.9. The molecule has 3 aromatic carbocycles. The van der Waals surface area contributed by atoms with Gasteiger partial charge in [-0.05, 0) is 76.9 Å². The van der Waals surface area contributed by atoms with E-state index in [4.69, 9.17) is 9.39 Å². The molecule has 2 N–H and O–H groups in total. The molecule has 0 saturated carbocycles. The summed E-state index contributed by atoms with van der Waals surface area (Å²) in [4.78, 5) is 4.58. The first-order valence-electron chi connectivity index (χ1n) is 13.7. The Labute approximate surface area is 239 Å². The number of hydrogen-bond acceptors (Lipinski definition) is 7. The minimum absolute atomic E-state index is 0.0193. The van der Waals surface area contributed by atoms with Gasteiger partial charge in [0.25, 0.3) is 0 Å². The second-order valence-electron chi connectivity index (χ2n) is 10.4. The van der Waals surface area contributed by atoms with Gasteiger partial charge in [0.1, 0.15) is 18.1 Å². The SMILES string of the molecule is O=S1(=O)CC(COc2ccccc2)=C2[C@@H](CC/C(=C/c3ccc(O)c4ccccc34)c3ccccn3)OB(O)C[C@@H]21. The van der Waals surface area contributed by atoms with E-state index >= 15 is 0 Å². The second kappa shape index (κ2) is 11.5. The summed E-state index contributed by atoms with van der Waals surface area (Å²) in [5.74, 6) is 0.776. The van der Waals surface area contributed by atoms with Crippen LogP contribution in [-0.4, -0.2) is 54.4 Å². The van der Waals surface area contributed by atoms with Gasteiger partial charge in [-0.25, -0.2) is 8.42 Å². The van der Waals surface area contributed by atoms with E-state index in [-0.39, 0.29) is 24.4 Å². The number of hydrogen-bond donors (Lipinski definition) is 2. The third kappa shape index (κ3) is 5.79. The zero-order valence-corrected chi connectivity index (χ0v) is 23.2. The van der Waals surface area contributed by atoms with Crippen LogP contribution in [0.15, 0.2) is 102 Å². The highest BCUT2D eigenvalue weighted by Crippen LogP contribution is 2.40. The van der Waals surface area contributed by atoms with Crippen LogP contribution in [0.5, 0.6) is 11.5 Å². The molecule has 3 heterocycles. The lowest BCUT2D eigenvalue weighted by Gasteiger charge is -2.32. The van der Waals surface area contributed by atoms with Crippen molar-refractivity contribution in [3.05, 3.63) is 114 Å². The number of sulfone groups is 1. The van der Waals surface area contributed by atoms with Crippen molar-refractivity contribution in [1.82, 2.24) is 4.98 Å². The minimum Gasteiger partial charge on any atom is -0.507 e. The van der Waals surface area contributed by atoms with Crippen molar-refractivity contribution >= 4 is 39.4 Å². The fourth-order valence-corrected chi connectivity index (χ4v) is 7.93. The molecule has 2 aliphatic heterocycles. The highest BCUT2D eigenvalue weighted by Gasteiger charge is 2.48. The predicted octanol–water partition coefficient (Wildman–Crippen LogP) is 5.31. The summed E-state index contributed by atoms with van der Waals surface area (Å²) in [6.07, 6.45) is 4.20. The molecule has 1 saturated heterocycles. The molecular formula is C32H30BNO6S. The summed E-state index contributed by atoms with van der Waals surface area (Å²) < 4.78 is 38.3. The van der Waals surface area contributed by atoms with E-state index in [2.05, 4.69) is 11.1 Å². The Morgan fingerprint density at radius 2 is 1.76 bits per heavy atom. The Hall–Kier alpha value is -3.92. The Morgan fingerprint density at radius 3 is 2.54 bits per heavy atom. The second-order valence-corrected chi connectivity index (χ2v) is 12.6. The van der Waals surface area contributed by atoms with E-state index in [9.17, 15) is 18.5 Å². The minimum atomic E-state index is -3.48. The Bertz CT molecular complexity index is 1720. The van der Waals surface area contributed by atoms with Crippen LogP contribution in [0.3, 0.4) is 0 Å². The Balaban J connectivity index is 1.33. The van der Waals surface area contributed by atoms with Gasteiger partial charge in [0.05, 0.1) is 22.8 Å². The van der Waals surface area contributed by atoms with Crippen LogP contribution in [-0.2, 0) is 14.5 Å². The lowest BCUT2D eigenvalue weighted by atomic mass is 9.74. The molecule has 1 aromatic heterocycles. The maximum atomic E-state index is 13.2. The number of phenols is 1. The standard InChI is InChI=1S/C32H30BNO6S/c35-29-15-13-22(26-10-4-5-11-27(26)29)18-23(28-12-6-7-17-34-28)14-16-30-32-24(20-39-25-8-2-1-3-9-25)21-41(37,38)31(32)19-33(36)40-30/h1-13,15,17-18,30-31,35-36H,14,16,19-21H2/b23-18-/t30-,31+/m1/s1. The van der Waals surface area contributed by atoms with Crippen molar-refractivity contribution in [2.45, 2.75) is 30.5 Å². The first kappa shape index (κ1) is 27.3. The number of para-hydroxylation sites is 1. The van der Waals surface area contributed by atoms with Crippen LogP contribution < -0.4 is 4.74 Å². The number of rotatable bonds is 8. The number of allylic oxidation sites excluding steroid dienone is 1. The number of nitrogens with zero attached hydrogens (tertiary/aromatic N) is 1. The summed E-state index contributed by atoms with van der Waals surface area (Å²) in [5.41, 5.74) is 4.06. The van der Waals surface area contributed by atoms with Gasteiger partial charge in [0, 0.05) is 17.9 Å². The maximum absolute atomic E-state index is 13.2. The third-order valence-electron chi connectivity index (χ3n) is 7.74. The lowest BCUT2D eigenvalue weighted by Crippen LogP contribution is -2.42. The lowest BCUT2D eigenvalue weighted by molar-refractivity contribution is 0.170. The third-order valence-corrected chi connectivity index (χ3v) is 9.80. The summed E-state index contributed by atoms with van der Waals surface area (Å²) in [6.45, 7) is 0.146. The highest BCUT2D eigenvalue weighted by atomic mass is 32.2. The molecule has 2 atom stereocenters. The zero-order valence-electron chi connectivity index (χ0n) is 22.4. The van der Waals surface area contributed by atoms with Gasteiger partial charge in [0.15, 0.2) is 9.84 Å². The largest absolute Gasteiger partial charge is 0.507 e. The molecule has 6 rings (SSSR count). The van der Waals surface area contributed by atoms with Gasteiger partial charge in [-0.3, -0.25) is 4.98 Å². The quantitative estimate of drug-likeness (QED) is 0.220. The molecule has 0 bridgehead atoms. The average molecular weight is 567 g/mol. The fraction of sp³-hybridized carbons (Fsp3) is 0.219. The van der Waals surface area contributed by atoms with Crippen LogP contribution in [0.4, 0.5) is 0 Å². The van der Waals surface area contributed by atoms with Crippen LogP contribution in [0.2, 0.25) is 6.32 Å². The molecule has 1 fully saturated rings. The van der Waals surface area contributed by atoms with Crippen molar-refractivity contribution in [3.8, 4) is 11.5 Å². The van der Waals surface area contributed by atoms with Gasteiger partial charge in [-0.15, -0.1) is 0 Å². The molecule has 0 spiro atoms. The summed E-state index contributed by atoms with van der Waals surface area (Å²) in [7, 11) is -4.64. The van der Waals surface area contributed by atoms with Crippen molar-refractivity contribution in [1.29, 1.82) is 0 Å². The first-order valence-corrected chi connectivity index (χ1v) is 15.4. The monoisotopic (exact) mass is 567 g/mol. The molecule has 0 radical (unpaired) electrons. The molecule has 0 unspecified atom stereocenters. The van der Waals surface area contributed by atoms with E-state index in [1.165, 1.54) is 0 Å². The zero-order chi connectivity index (χ0) is 28.4. The number of aromatic nitrogens is 1. The number of aromatic hydroxyl groups is 1. The van der Waals surface area contributed by atoms with Crippen LogP contribution in [0.1, 0.15) is 24.1 Å². The van der Waals surface area contributed by atoms with Crippen molar-refractivity contribution in [2.75, 3.05) is 12.4 Å². The van der Waals surface area contributed by atoms with E-state index < -0.39 is 28.3 Å². The molecule has 4 aromatic rings. The van der Waals surface area contributed by atoms with Crippen molar-refractivity contribution in [2.24, 2.45) is 0 Å². The number of ether oxygens (including phenoxy) is 1. The predicted molar refractivity (Wildman–Crippen MR) is 161 cm³/mol. The molecule has 7 nitrogen and oxygen atoms in total. The van der Waals surface area contributed by atoms with Crippen LogP contribution in [0.25, 0.3) is 22.4 Å². The van der Waals surface area contributed by atoms with Gasteiger partial charge >= 0.3 is 7.12 Å².